The molecular weight excluding hydrogens is 230 g/mol. The van der Waals surface area contributed by atoms with E-state index < -0.39 is 0 Å². The topological polar surface area (TPSA) is 86.6 Å². The van der Waals surface area contributed by atoms with Gasteiger partial charge in [0.1, 0.15) is 11.5 Å². The van der Waals surface area contributed by atoms with Gasteiger partial charge in [0, 0.05) is 24.8 Å². The maximum atomic E-state index is 5.45. The molecule has 3 N–H and O–H groups in total. The normalized spacial score (nSPS) is 11.1. The number of nitrogens with two attached hydrogens (primary N) is 1. The van der Waals surface area contributed by atoms with Crippen molar-refractivity contribution < 1.29 is 0 Å². The van der Waals surface area contributed by atoms with Crippen molar-refractivity contribution in [3.63, 3.8) is 0 Å². The molecule has 0 saturated heterocycles. The molecule has 2 heterocycles. The van der Waals surface area contributed by atoms with Gasteiger partial charge < -0.3 is 11.1 Å². The molecular formula is C11H19N7. The van der Waals surface area contributed by atoms with Crippen LogP contribution in [0.3, 0.4) is 0 Å². The summed E-state index contributed by atoms with van der Waals surface area (Å²) < 4.78 is 3.65. The maximum Gasteiger partial charge on any atom is 0.148 e. The van der Waals surface area contributed by atoms with Crippen LogP contribution in [0.1, 0.15) is 25.6 Å². The predicted molar refractivity (Wildman–Crippen MR) is 69.0 cm³/mol. The molecule has 0 fully saturated rings. The van der Waals surface area contributed by atoms with Crippen LogP contribution in [0.4, 0.5) is 5.82 Å². The Kier molecular flexibility index (Phi) is 3.93. The van der Waals surface area contributed by atoms with Gasteiger partial charge in [-0.2, -0.15) is 5.10 Å². The molecule has 0 amide bonds. The lowest BCUT2D eigenvalue weighted by Gasteiger charge is -2.04. The van der Waals surface area contributed by atoms with Crippen LogP contribution in [-0.2, 0) is 13.1 Å². The summed E-state index contributed by atoms with van der Waals surface area (Å²) in [5.74, 6) is 0.845. The predicted octanol–water partition coefficient (Wildman–Crippen LogP) is 0.626. The zero-order chi connectivity index (χ0) is 13.0. The van der Waals surface area contributed by atoms with E-state index in [1.165, 1.54) is 0 Å². The summed E-state index contributed by atoms with van der Waals surface area (Å²) in [7, 11) is 0. The molecule has 0 atom stereocenters. The molecule has 0 bridgehead atoms. The zero-order valence-corrected chi connectivity index (χ0v) is 10.7. The number of aromatic nitrogens is 5. The Labute approximate surface area is 106 Å². The van der Waals surface area contributed by atoms with E-state index in [1.807, 2.05) is 23.1 Å². The van der Waals surface area contributed by atoms with Gasteiger partial charge in [-0.1, -0.05) is 5.21 Å². The quantitative estimate of drug-likeness (QED) is 0.784. The number of hydrogen-bond donors (Lipinski definition) is 2. The number of anilines is 1. The van der Waals surface area contributed by atoms with Gasteiger partial charge in [0.15, 0.2) is 0 Å². The molecule has 7 nitrogen and oxygen atoms in total. The molecule has 0 radical (unpaired) electrons. The Bertz CT molecular complexity index is 485. The standard InChI is InChI=1S/C11H19N7/c1-9(2)18-5-3-11(15-18)13-7-10-8-17(6-4-12)16-14-10/h3,5,8-9H,4,6-7,12H2,1-2H3,(H,13,15). The lowest BCUT2D eigenvalue weighted by molar-refractivity contribution is 0.534. The Morgan fingerprint density at radius 3 is 2.94 bits per heavy atom. The SMILES string of the molecule is CC(C)n1ccc(NCc2cn(CCN)nn2)n1. The summed E-state index contributed by atoms with van der Waals surface area (Å²) >= 11 is 0. The molecule has 7 heteroatoms. The number of nitrogens with one attached hydrogen (secondary N) is 1. The smallest absolute Gasteiger partial charge is 0.148 e. The summed E-state index contributed by atoms with van der Waals surface area (Å²) in [6, 6.07) is 2.32. The molecule has 0 spiro atoms. The number of hydrogen-bond acceptors (Lipinski definition) is 5. The Balaban J connectivity index is 1.89. The third kappa shape index (κ3) is 3.07. The first-order valence-electron chi connectivity index (χ1n) is 6.07. The minimum Gasteiger partial charge on any atom is -0.363 e. The van der Waals surface area contributed by atoms with Crippen LogP contribution in [0.2, 0.25) is 0 Å². The first-order chi connectivity index (χ1) is 8.69. The second-order valence-corrected chi connectivity index (χ2v) is 4.39. The molecule has 0 aliphatic carbocycles. The zero-order valence-electron chi connectivity index (χ0n) is 10.7. The minimum atomic E-state index is 0.367. The largest absolute Gasteiger partial charge is 0.363 e. The highest BCUT2D eigenvalue weighted by molar-refractivity contribution is 5.32. The van der Waals surface area contributed by atoms with E-state index in [0.717, 1.165) is 11.5 Å². The van der Waals surface area contributed by atoms with E-state index in [2.05, 4.69) is 34.6 Å². The van der Waals surface area contributed by atoms with Crippen molar-refractivity contribution in [3.05, 3.63) is 24.2 Å². The van der Waals surface area contributed by atoms with Gasteiger partial charge in [-0.3, -0.25) is 9.36 Å². The Morgan fingerprint density at radius 2 is 2.28 bits per heavy atom. The molecule has 0 aromatic carbocycles. The average Bonchev–Trinajstić information content (AvgIpc) is 2.95. The van der Waals surface area contributed by atoms with Crippen LogP contribution in [0.15, 0.2) is 18.5 Å². The van der Waals surface area contributed by atoms with Gasteiger partial charge in [0.05, 0.1) is 19.3 Å². The first-order valence-corrected chi connectivity index (χ1v) is 6.07. The van der Waals surface area contributed by atoms with Gasteiger partial charge in [-0.15, -0.1) is 5.10 Å². The van der Waals surface area contributed by atoms with Crippen LogP contribution in [0.25, 0.3) is 0 Å². The third-order valence-electron chi connectivity index (χ3n) is 2.53. The van der Waals surface area contributed by atoms with Crippen molar-refractivity contribution in [1.29, 1.82) is 0 Å². The van der Waals surface area contributed by atoms with Crippen molar-refractivity contribution >= 4 is 5.82 Å². The fraction of sp³-hybridized carbons (Fsp3) is 0.545. The molecule has 0 aliphatic heterocycles. The number of nitrogens with zero attached hydrogens (tertiary/aromatic N) is 5. The summed E-state index contributed by atoms with van der Waals surface area (Å²) in [6.45, 7) is 6.05. The molecule has 18 heavy (non-hydrogen) atoms. The van der Waals surface area contributed by atoms with Crippen molar-refractivity contribution in [1.82, 2.24) is 24.8 Å². The fourth-order valence-electron chi connectivity index (χ4n) is 1.56. The van der Waals surface area contributed by atoms with Crippen molar-refractivity contribution in [3.8, 4) is 0 Å². The summed E-state index contributed by atoms with van der Waals surface area (Å²) in [5.41, 5.74) is 6.33. The monoisotopic (exact) mass is 249 g/mol. The van der Waals surface area contributed by atoms with Gasteiger partial charge in [0.25, 0.3) is 0 Å². The first kappa shape index (κ1) is 12.6. The molecule has 2 rings (SSSR count). The van der Waals surface area contributed by atoms with E-state index in [0.29, 0.717) is 25.7 Å². The second-order valence-electron chi connectivity index (χ2n) is 4.39. The van der Waals surface area contributed by atoms with Gasteiger partial charge in [0.2, 0.25) is 0 Å². The van der Waals surface area contributed by atoms with Crippen molar-refractivity contribution in [2.75, 3.05) is 11.9 Å². The lowest BCUT2D eigenvalue weighted by atomic mass is 10.4. The summed E-state index contributed by atoms with van der Waals surface area (Å²) in [6.07, 6.45) is 3.84. The van der Waals surface area contributed by atoms with Gasteiger partial charge >= 0.3 is 0 Å². The fourth-order valence-corrected chi connectivity index (χ4v) is 1.56. The van der Waals surface area contributed by atoms with Crippen LogP contribution in [-0.4, -0.2) is 31.3 Å². The highest BCUT2D eigenvalue weighted by Crippen LogP contribution is 2.08. The van der Waals surface area contributed by atoms with Crippen molar-refractivity contribution in [2.24, 2.45) is 5.73 Å². The second kappa shape index (κ2) is 5.63. The highest BCUT2D eigenvalue weighted by atomic mass is 15.4. The molecule has 0 saturated carbocycles. The number of rotatable bonds is 6. The van der Waals surface area contributed by atoms with E-state index in [-0.39, 0.29) is 0 Å². The third-order valence-corrected chi connectivity index (χ3v) is 2.53. The van der Waals surface area contributed by atoms with E-state index in [1.54, 1.807) is 4.68 Å². The van der Waals surface area contributed by atoms with Gasteiger partial charge in [-0.05, 0) is 13.8 Å². The van der Waals surface area contributed by atoms with Gasteiger partial charge in [-0.25, -0.2) is 0 Å². The van der Waals surface area contributed by atoms with E-state index in [4.69, 9.17) is 5.73 Å². The molecule has 2 aromatic rings. The molecule has 98 valence electrons. The van der Waals surface area contributed by atoms with Crippen LogP contribution in [0, 0.1) is 0 Å². The highest BCUT2D eigenvalue weighted by Gasteiger charge is 2.03. The minimum absolute atomic E-state index is 0.367. The van der Waals surface area contributed by atoms with Crippen LogP contribution >= 0.6 is 0 Å². The maximum absolute atomic E-state index is 5.45. The van der Waals surface area contributed by atoms with Crippen LogP contribution in [0.5, 0.6) is 0 Å². The molecule has 0 unspecified atom stereocenters. The summed E-state index contributed by atoms with van der Waals surface area (Å²) in [4.78, 5) is 0. The van der Waals surface area contributed by atoms with Crippen molar-refractivity contribution in [2.45, 2.75) is 33.0 Å². The lowest BCUT2D eigenvalue weighted by Crippen LogP contribution is -2.10. The van der Waals surface area contributed by atoms with E-state index in [9.17, 15) is 0 Å². The molecule has 2 aromatic heterocycles. The van der Waals surface area contributed by atoms with Crippen LogP contribution < -0.4 is 11.1 Å². The van der Waals surface area contributed by atoms with E-state index >= 15 is 0 Å². The molecule has 0 aliphatic rings. The summed E-state index contributed by atoms with van der Waals surface area (Å²) in [5, 5.41) is 15.6. The Morgan fingerprint density at radius 1 is 1.44 bits per heavy atom. The average molecular weight is 249 g/mol. The Hall–Kier alpha value is -1.89.